The van der Waals surface area contributed by atoms with Gasteiger partial charge in [-0.15, -0.1) is 24.0 Å². The summed E-state index contributed by atoms with van der Waals surface area (Å²) >= 11 is 0. The fourth-order valence-electron chi connectivity index (χ4n) is 1.96. The van der Waals surface area contributed by atoms with E-state index < -0.39 is 0 Å². The first-order valence-corrected chi connectivity index (χ1v) is 7.34. The Labute approximate surface area is 145 Å². The monoisotopic (exact) mass is 405 g/mol. The van der Waals surface area contributed by atoms with Gasteiger partial charge in [-0.05, 0) is 30.5 Å². The van der Waals surface area contributed by atoms with Crippen LogP contribution in [0.5, 0.6) is 5.75 Å². The molecule has 0 bridgehead atoms. The van der Waals surface area contributed by atoms with Crippen molar-refractivity contribution in [2.24, 2.45) is 10.7 Å². The van der Waals surface area contributed by atoms with E-state index in [1.165, 1.54) is 19.3 Å². The first kappa shape index (κ1) is 20.0. The van der Waals surface area contributed by atoms with Gasteiger partial charge in [0.15, 0.2) is 5.96 Å². The van der Waals surface area contributed by atoms with Gasteiger partial charge >= 0.3 is 0 Å². The Bertz CT molecular complexity index is 436. The van der Waals surface area contributed by atoms with E-state index in [0.29, 0.717) is 12.5 Å². The van der Waals surface area contributed by atoms with Gasteiger partial charge in [0.2, 0.25) is 0 Å². The second-order valence-corrected chi connectivity index (χ2v) is 4.99. The summed E-state index contributed by atoms with van der Waals surface area (Å²) in [6, 6.07) is 6.10. The number of nitrogens with zero attached hydrogens (tertiary/aromatic N) is 1. The molecular weight excluding hydrogens is 377 g/mol. The number of unbranched alkanes of at least 4 members (excludes halogenated alkanes) is 3. The van der Waals surface area contributed by atoms with E-state index in [1.807, 2.05) is 19.1 Å². The minimum absolute atomic E-state index is 0. The van der Waals surface area contributed by atoms with Crippen molar-refractivity contribution in [2.75, 3.05) is 13.7 Å². The summed E-state index contributed by atoms with van der Waals surface area (Å²) in [5.41, 5.74) is 8.07. The number of methoxy groups -OCH3 is 1. The third kappa shape index (κ3) is 8.14. The molecule has 0 spiro atoms. The van der Waals surface area contributed by atoms with E-state index in [9.17, 15) is 0 Å². The van der Waals surface area contributed by atoms with Gasteiger partial charge < -0.3 is 15.8 Å². The third-order valence-corrected chi connectivity index (χ3v) is 3.24. The molecule has 1 aromatic rings. The van der Waals surface area contributed by atoms with Crippen LogP contribution in [-0.2, 0) is 6.54 Å². The summed E-state index contributed by atoms with van der Waals surface area (Å²) in [7, 11) is 1.68. The van der Waals surface area contributed by atoms with Gasteiger partial charge in [-0.3, -0.25) is 0 Å². The lowest BCUT2D eigenvalue weighted by atomic mass is 10.1. The molecule has 0 heterocycles. The van der Waals surface area contributed by atoms with Crippen molar-refractivity contribution in [1.29, 1.82) is 0 Å². The highest BCUT2D eigenvalue weighted by molar-refractivity contribution is 14.0. The molecule has 0 aliphatic rings. The predicted octanol–water partition coefficient (Wildman–Crippen LogP) is 3.61. The number of benzene rings is 1. The molecule has 0 unspecified atom stereocenters. The number of nitrogens with one attached hydrogen (secondary N) is 1. The van der Waals surface area contributed by atoms with Crippen molar-refractivity contribution in [2.45, 2.75) is 46.1 Å². The highest BCUT2D eigenvalue weighted by atomic mass is 127. The van der Waals surface area contributed by atoms with E-state index in [2.05, 4.69) is 23.3 Å². The number of halogens is 1. The van der Waals surface area contributed by atoms with Gasteiger partial charge in [-0.1, -0.05) is 38.3 Å². The van der Waals surface area contributed by atoms with Crippen LogP contribution in [0.25, 0.3) is 0 Å². The predicted molar refractivity (Wildman–Crippen MR) is 101 cm³/mol. The fourth-order valence-corrected chi connectivity index (χ4v) is 1.96. The molecule has 5 heteroatoms. The molecule has 0 fully saturated rings. The number of aryl methyl sites for hydroxylation is 1. The molecule has 0 saturated carbocycles. The van der Waals surface area contributed by atoms with Crippen molar-refractivity contribution in [3.63, 3.8) is 0 Å². The molecule has 120 valence electrons. The molecule has 0 aliphatic carbocycles. The summed E-state index contributed by atoms with van der Waals surface area (Å²) in [5.74, 6) is 1.41. The lowest BCUT2D eigenvalue weighted by molar-refractivity contribution is 0.411. The quantitative estimate of drug-likeness (QED) is 0.301. The Hall–Kier alpha value is -0.980. The number of ether oxygens (including phenoxy) is 1. The molecule has 0 aliphatic heterocycles. The van der Waals surface area contributed by atoms with Crippen LogP contribution in [-0.4, -0.2) is 19.6 Å². The first-order valence-electron chi connectivity index (χ1n) is 7.34. The summed E-state index contributed by atoms with van der Waals surface area (Å²) in [6.07, 6.45) is 4.91. The summed E-state index contributed by atoms with van der Waals surface area (Å²) in [5, 5.41) is 3.15. The van der Waals surface area contributed by atoms with Crippen LogP contribution in [0.2, 0.25) is 0 Å². The zero-order chi connectivity index (χ0) is 14.8. The largest absolute Gasteiger partial charge is 0.496 e. The molecule has 21 heavy (non-hydrogen) atoms. The minimum Gasteiger partial charge on any atom is -0.496 e. The van der Waals surface area contributed by atoms with Crippen LogP contribution in [0.3, 0.4) is 0 Å². The lowest BCUT2D eigenvalue weighted by Crippen LogP contribution is -2.32. The van der Waals surface area contributed by atoms with Gasteiger partial charge in [0.1, 0.15) is 5.75 Å². The second-order valence-electron chi connectivity index (χ2n) is 4.99. The molecule has 1 rings (SSSR count). The van der Waals surface area contributed by atoms with E-state index in [4.69, 9.17) is 10.5 Å². The van der Waals surface area contributed by atoms with Crippen molar-refractivity contribution in [3.8, 4) is 5.75 Å². The van der Waals surface area contributed by atoms with Crippen LogP contribution in [0, 0.1) is 6.92 Å². The normalized spacial score (nSPS) is 10.9. The van der Waals surface area contributed by atoms with Crippen molar-refractivity contribution >= 4 is 29.9 Å². The Morgan fingerprint density at radius 1 is 1.29 bits per heavy atom. The van der Waals surface area contributed by atoms with Crippen LogP contribution in [0.4, 0.5) is 0 Å². The Morgan fingerprint density at radius 2 is 2.05 bits per heavy atom. The average molecular weight is 405 g/mol. The topological polar surface area (TPSA) is 59.6 Å². The van der Waals surface area contributed by atoms with Gasteiger partial charge in [0, 0.05) is 6.54 Å². The summed E-state index contributed by atoms with van der Waals surface area (Å²) in [6.45, 7) is 5.70. The smallest absolute Gasteiger partial charge is 0.188 e. The van der Waals surface area contributed by atoms with Crippen LogP contribution >= 0.6 is 24.0 Å². The van der Waals surface area contributed by atoms with Crippen LogP contribution in [0.1, 0.15) is 43.7 Å². The SMILES string of the molecule is CCCCCCNC(N)=NCc1ccc(C)c(OC)c1.I. The summed E-state index contributed by atoms with van der Waals surface area (Å²) < 4.78 is 5.30. The maximum absolute atomic E-state index is 5.84. The van der Waals surface area contributed by atoms with Crippen LogP contribution < -0.4 is 15.8 Å². The molecule has 0 saturated heterocycles. The maximum Gasteiger partial charge on any atom is 0.188 e. The van der Waals surface area contributed by atoms with Crippen molar-refractivity contribution in [3.05, 3.63) is 29.3 Å². The molecule has 1 aromatic carbocycles. The van der Waals surface area contributed by atoms with E-state index in [1.54, 1.807) is 7.11 Å². The molecule has 0 aromatic heterocycles. The molecule has 4 nitrogen and oxygen atoms in total. The highest BCUT2D eigenvalue weighted by Crippen LogP contribution is 2.19. The molecule has 0 amide bonds. The Kier molecular flexibility index (Phi) is 11.1. The molecule has 0 atom stereocenters. The number of aliphatic imine (C=N–C) groups is 1. The lowest BCUT2D eigenvalue weighted by Gasteiger charge is -2.07. The number of hydrogen-bond donors (Lipinski definition) is 2. The number of hydrogen-bond acceptors (Lipinski definition) is 2. The Morgan fingerprint density at radius 3 is 2.71 bits per heavy atom. The number of nitrogens with two attached hydrogens (primary N) is 1. The standard InChI is InChI=1S/C16H27N3O.HI/c1-4-5-6-7-10-18-16(17)19-12-14-9-8-13(2)15(11-14)20-3;/h8-9,11H,4-7,10,12H2,1-3H3,(H3,17,18,19);1H. The highest BCUT2D eigenvalue weighted by Gasteiger charge is 2.00. The maximum atomic E-state index is 5.84. The van der Waals surface area contributed by atoms with Crippen molar-refractivity contribution < 1.29 is 4.74 Å². The average Bonchev–Trinajstić information content (AvgIpc) is 2.46. The minimum atomic E-state index is 0. The fraction of sp³-hybridized carbons (Fsp3) is 0.562. The third-order valence-electron chi connectivity index (χ3n) is 3.24. The molecule has 0 radical (unpaired) electrons. The van der Waals surface area contributed by atoms with Gasteiger partial charge in [-0.2, -0.15) is 0 Å². The second kappa shape index (κ2) is 11.7. The van der Waals surface area contributed by atoms with Gasteiger partial charge in [-0.25, -0.2) is 4.99 Å². The summed E-state index contributed by atoms with van der Waals surface area (Å²) in [4.78, 5) is 4.35. The first-order chi connectivity index (χ1) is 9.67. The van der Waals surface area contributed by atoms with Crippen LogP contribution in [0.15, 0.2) is 23.2 Å². The van der Waals surface area contributed by atoms with E-state index >= 15 is 0 Å². The molecule has 3 N–H and O–H groups in total. The number of guanidine groups is 1. The van der Waals surface area contributed by atoms with Gasteiger partial charge in [0.25, 0.3) is 0 Å². The Balaban J connectivity index is 0.00000400. The van der Waals surface area contributed by atoms with E-state index in [0.717, 1.165) is 29.8 Å². The molecular formula is C16H28IN3O. The van der Waals surface area contributed by atoms with Gasteiger partial charge in [0.05, 0.1) is 13.7 Å². The van der Waals surface area contributed by atoms with E-state index in [-0.39, 0.29) is 24.0 Å². The van der Waals surface area contributed by atoms with Crippen molar-refractivity contribution in [1.82, 2.24) is 5.32 Å². The zero-order valence-electron chi connectivity index (χ0n) is 13.3. The zero-order valence-corrected chi connectivity index (χ0v) is 15.6. The number of rotatable bonds is 8.